The zero-order valence-corrected chi connectivity index (χ0v) is 14.0. The maximum absolute atomic E-state index is 12.0. The molecule has 1 amide bonds. The third kappa shape index (κ3) is 3.45. The van der Waals surface area contributed by atoms with E-state index in [1.54, 1.807) is 13.0 Å². The van der Waals surface area contributed by atoms with Gasteiger partial charge in [0, 0.05) is 0 Å². The van der Waals surface area contributed by atoms with Crippen LogP contribution < -0.4 is 10.2 Å². The van der Waals surface area contributed by atoms with Gasteiger partial charge in [-0.25, -0.2) is 5.43 Å². The minimum absolute atomic E-state index is 0.275. The first-order valence-corrected chi connectivity index (χ1v) is 7.62. The molecule has 1 aliphatic carbocycles. The Bertz CT molecular complexity index is 611. The van der Waals surface area contributed by atoms with Gasteiger partial charge in [0.05, 0.1) is 11.1 Å². The van der Waals surface area contributed by atoms with Gasteiger partial charge in [-0.1, -0.05) is 12.7 Å². The zero-order chi connectivity index (χ0) is 16.4. The van der Waals surface area contributed by atoms with Crippen LogP contribution in [0.3, 0.4) is 0 Å². The van der Waals surface area contributed by atoms with E-state index in [4.69, 9.17) is 27.9 Å². The van der Waals surface area contributed by atoms with E-state index in [-0.39, 0.29) is 5.91 Å². The van der Waals surface area contributed by atoms with Crippen LogP contribution in [0.4, 0.5) is 0 Å². The molecule has 6 heteroatoms. The molecule has 2 rings (SSSR count). The fourth-order valence-electron chi connectivity index (χ4n) is 1.92. The highest BCUT2D eigenvalue weighted by Gasteiger charge is 2.68. The average molecular weight is 341 g/mol. The summed E-state index contributed by atoms with van der Waals surface area (Å²) < 4.78 is 4.41. The summed E-state index contributed by atoms with van der Waals surface area (Å²) in [6.07, 6.45) is 2.11. The van der Waals surface area contributed by atoms with E-state index in [0.29, 0.717) is 18.7 Å². The number of benzene rings is 1. The molecule has 1 aromatic rings. The number of alkyl halides is 2. The molecule has 0 saturated heterocycles. The Morgan fingerprint density at radius 3 is 2.55 bits per heavy atom. The van der Waals surface area contributed by atoms with Gasteiger partial charge in [-0.15, -0.1) is 23.2 Å². The number of carbonyl (C=O) groups excluding carboxylic acids is 1. The molecule has 1 saturated carbocycles. The minimum Gasteiger partial charge on any atom is -0.490 e. The van der Waals surface area contributed by atoms with E-state index < -0.39 is 9.75 Å². The molecule has 4 nitrogen and oxygen atoms in total. The van der Waals surface area contributed by atoms with Crippen molar-refractivity contribution in [1.82, 2.24) is 5.43 Å². The van der Waals surface area contributed by atoms with Crippen molar-refractivity contribution in [2.24, 2.45) is 10.5 Å². The molecule has 0 aromatic heterocycles. The SMILES string of the molecule is C=CCOc1ccc(/C(C)=N/NC(=O)C2(C)CC2(Cl)Cl)cc1. The number of ether oxygens (including phenoxy) is 1. The van der Waals surface area contributed by atoms with Crippen LogP contribution in [-0.4, -0.2) is 22.6 Å². The normalized spacial score (nSPS) is 22.8. The molecule has 0 spiro atoms. The monoisotopic (exact) mass is 340 g/mol. The second kappa shape index (κ2) is 6.31. The lowest BCUT2D eigenvalue weighted by Gasteiger charge is -2.10. The molecule has 22 heavy (non-hydrogen) atoms. The van der Waals surface area contributed by atoms with Gasteiger partial charge in [-0.05, 0) is 50.1 Å². The molecular formula is C16H18Cl2N2O2. The standard InChI is InChI=1S/C16H18Cl2N2O2/c1-4-9-22-13-7-5-12(6-8-13)11(2)19-20-14(21)15(3)10-16(15,17)18/h4-8H,1,9-10H2,2-3H3,(H,20,21)/b19-11+. The fourth-order valence-corrected chi connectivity index (χ4v) is 2.62. The lowest BCUT2D eigenvalue weighted by atomic mass is 10.1. The third-order valence-electron chi connectivity index (χ3n) is 3.72. The van der Waals surface area contributed by atoms with Crippen LogP contribution in [0.15, 0.2) is 42.0 Å². The Kier molecular flexibility index (Phi) is 4.83. The van der Waals surface area contributed by atoms with E-state index >= 15 is 0 Å². The number of rotatable bonds is 6. The summed E-state index contributed by atoms with van der Waals surface area (Å²) in [5.41, 5.74) is 3.32. The fraction of sp³-hybridized carbons (Fsp3) is 0.375. The number of hydrogen-bond donors (Lipinski definition) is 1. The minimum atomic E-state index is -0.995. The summed E-state index contributed by atoms with van der Waals surface area (Å²) in [7, 11) is 0. The highest BCUT2D eigenvalue weighted by atomic mass is 35.5. The molecule has 1 atom stereocenters. The molecule has 118 valence electrons. The topological polar surface area (TPSA) is 50.7 Å². The van der Waals surface area contributed by atoms with Crippen LogP contribution in [-0.2, 0) is 4.79 Å². The summed E-state index contributed by atoms with van der Waals surface area (Å²) in [5, 5.41) is 4.10. The predicted octanol–water partition coefficient (Wildman–Crippen LogP) is 3.68. The molecule has 0 radical (unpaired) electrons. The van der Waals surface area contributed by atoms with E-state index in [1.807, 2.05) is 31.2 Å². The predicted molar refractivity (Wildman–Crippen MR) is 89.6 cm³/mol. The first-order valence-electron chi connectivity index (χ1n) is 6.87. The summed E-state index contributed by atoms with van der Waals surface area (Å²) in [4.78, 5) is 12.0. The number of nitrogens with zero attached hydrogens (tertiary/aromatic N) is 1. The molecule has 0 heterocycles. The van der Waals surface area contributed by atoms with Gasteiger partial charge >= 0.3 is 0 Å². The van der Waals surface area contributed by atoms with Crippen LogP contribution in [0, 0.1) is 5.41 Å². The molecular weight excluding hydrogens is 323 g/mol. The maximum Gasteiger partial charge on any atom is 0.249 e. The first kappa shape index (κ1) is 16.8. The van der Waals surface area contributed by atoms with Crippen LogP contribution in [0.25, 0.3) is 0 Å². The number of carbonyl (C=O) groups is 1. The quantitative estimate of drug-likeness (QED) is 0.371. The van der Waals surface area contributed by atoms with Crippen molar-refractivity contribution in [3.8, 4) is 5.75 Å². The Morgan fingerprint density at radius 1 is 1.45 bits per heavy atom. The van der Waals surface area contributed by atoms with Gasteiger partial charge in [0.15, 0.2) is 0 Å². The molecule has 1 fully saturated rings. The van der Waals surface area contributed by atoms with Crippen molar-refractivity contribution in [3.05, 3.63) is 42.5 Å². The van der Waals surface area contributed by atoms with Gasteiger partial charge < -0.3 is 4.74 Å². The first-order chi connectivity index (χ1) is 10.3. The maximum atomic E-state index is 12.0. The summed E-state index contributed by atoms with van der Waals surface area (Å²) in [5.74, 6) is 0.475. The number of hydrogen-bond acceptors (Lipinski definition) is 3. The number of halogens is 2. The summed E-state index contributed by atoms with van der Waals surface area (Å²) >= 11 is 11.9. The average Bonchev–Trinajstić information content (AvgIpc) is 3.02. The summed E-state index contributed by atoms with van der Waals surface area (Å²) in [6, 6.07) is 7.42. The largest absolute Gasteiger partial charge is 0.490 e. The van der Waals surface area contributed by atoms with Gasteiger partial charge in [-0.3, -0.25) is 4.79 Å². The third-order valence-corrected chi connectivity index (χ3v) is 4.83. The van der Waals surface area contributed by atoms with Gasteiger partial charge in [0.1, 0.15) is 16.7 Å². The number of amides is 1. The molecule has 1 aliphatic rings. The van der Waals surface area contributed by atoms with Gasteiger partial charge in [-0.2, -0.15) is 5.10 Å². The van der Waals surface area contributed by atoms with Crippen molar-refractivity contribution in [2.45, 2.75) is 24.6 Å². The van der Waals surface area contributed by atoms with E-state index in [9.17, 15) is 4.79 Å². The highest BCUT2D eigenvalue weighted by molar-refractivity contribution is 6.53. The molecule has 0 aliphatic heterocycles. The van der Waals surface area contributed by atoms with Crippen molar-refractivity contribution < 1.29 is 9.53 Å². The molecule has 1 aromatic carbocycles. The Morgan fingerprint density at radius 2 is 2.05 bits per heavy atom. The molecule has 0 bridgehead atoms. The van der Waals surface area contributed by atoms with Gasteiger partial charge in [0.25, 0.3) is 0 Å². The number of hydrazone groups is 1. The second-order valence-electron chi connectivity index (χ2n) is 5.48. The van der Waals surface area contributed by atoms with Crippen LogP contribution in [0.1, 0.15) is 25.8 Å². The summed E-state index contributed by atoms with van der Waals surface area (Å²) in [6.45, 7) is 7.58. The van der Waals surface area contributed by atoms with Crippen molar-refractivity contribution in [2.75, 3.05) is 6.61 Å². The van der Waals surface area contributed by atoms with E-state index in [2.05, 4.69) is 17.1 Å². The Labute approximate surface area is 140 Å². The van der Waals surface area contributed by atoms with E-state index in [0.717, 1.165) is 11.3 Å². The lowest BCUT2D eigenvalue weighted by molar-refractivity contribution is -0.125. The van der Waals surface area contributed by atoms with Crippen LogP contribution in [0.2, 0.25) is 0 Å². The second-order valence-corrected chi connectivity index (χ2v) is 6.96. The Hall–Kier alpha value is -1.52. The number of nitrogens with one attached hydrogen (secondary N) is 1. The smallest absolute Gasteiger partial charge is 0.249 e. The van der Waals surface area contributed by atoms with Crippen molar-refractivity contribution in [1.29, 1.82) is 0 Å². The Balaban J connectivity index is 1.97. The van der Waals surface area contributed by atoms with Gasteiger partial charge in [0.2, 0.25) is 5.91 Å². The molecule has 1 unspecified atom stereocenters. The lowest BCUT2D eigenvalue weighted by Crippen LogP contribution is -2.30. The van der Waals surface area contributed by atoms with Crippen molar-refractivity contribution >= 4 is 34.8 Å². The van der Waals surface area contributed by atoms with Crippen LogP contribution in [0.5, 0.6) is 5.75 Å². The molecule has 1 N–H and O–H groups in total. The highest BCUT2D eigenvalue weighted by Crippen LogP contribution is 2.63. The van der Waals surface area contributed by atoms with Crippen LogP contribution >= 0.6 is 23.2 Å². The zero-order valence-electron chi connectivity index (χ0n) is 12.5. The van der Waals surface area contributed by atoms with Crippen molar-refractivity contribution in [3.63, 3.8) is 0 Å². The van der Waals surface area contributed by atoms with E-state index in [1.165, 1.54) is 0 Å².